The molecule has 1 aromatic heterocycles. The van der Waals surface area contributed by atoms with Crippen LogP contribution in [0.5, 0.6) is 11.5 Å². The molecule has 168 valence electrons. The molecule has 1 amide bonds. The molecule has 0 radical (unpaired) electrons. The van der Waals surface area contributed by atoms with E-state index in [0.717, 1.165) is 11.1 Å². The summed E-state index contributed by atoms with van der Waals surface area (Å²) in [7, 11) is 1.36. The number of H-pyrrole nitrogens is 1. The molecule has 6 nitrogen and oxygen atoms in total. The van der Waals surface area contributed by atoms with E-state index in [1.165, 1.54) is 19.2 Å². The van der Waals surface area contributed by atoms with E-state index in [-0.39, 0.29) is 23.0 Å². The molecule has 3 aromatic carbocycles. The van der Waals surface area contributed by atoms with Crippen molar-refractivity contribution in [2.75, 3.05) is 7.11 Å². The highest BCUT2D eigenvalue weighted by Crippen LogP contribution is 2.31. The Hall–Kier alpha value is -4.20. The Labute approximate surface area is 188 Å². The van der Waals surface area contributed by atoms with E-state index in [2.05, 4.69) is 20.0 Å². The number of hydrogen-bond donors (Lipinski definition) is 2. The fourth-order valence-electron chi connectivity index (χ4n) is 3.33. The number of para-hydroxylation sites is 2. The number of carbonyl (C=O) groups excluding carboxylic acids is 1. The highest BCUT2D eigenvalue weighted by molar-refractivity contribution is 6.23. The van der Waals surface area contributed by atoms with Crippen LogP contribution < -0.4 is 14.8 Å². The first kappa shape index (κ1) is 22.0. The number of aromatic amines is 1. The topological polar surface area (TPSA) is 76.2 Å². The molecule has 0 aliphatic carbocycles. The standard InChI is InChI=1S/C25H21F2N3O3/c1-32-22-14-17(11-12-21(22)33-25(26)27)13-18(23-29-19-9-5-6-10-20(19)30-23)24(31)28-15-16-7-3-2-4-8-16/h2-14,25H,15H2,1H3,(H,28,31)(H,29,30)/b18-13+. The molecule has 33 heavy (non-hydrogen) atoms. The zero-order valence-corrected chi connectivity index (χ0v) is 17.7. The summed E-state index contributed by atoms with van der Waals surface area (Å²) in [6, 6.07) is 21.4. The Kier molecular flexibility index (Phi) is 6.64. The highest BCUT2D eigenvalue weighted by atomic mass is 19.3. The molecule has 0 saturated heterocycles. The Balaban J connectivity index is 1.70. The monoisotopic (exact) mass is 449 g/mol. The van der Waals surface area contributed by atoms with Crippen molar-refractivity contribution >= 4 is 28.6 Å². The van der Waals surface area contributed by atoms with Crippen LogP contribution in [0.2, 0.25) is 0 Å². The third kappa shape index (κ3) is 5.35. The number of nitrogens with one attached hydrogen (secondary N) is 2. The first-order valence-corrected chi connectivity index (χ1v) is 10.2. The molecular weight excluding hydrogens is 428 g/mol. The highest BCUT2D eigenvalue weighted by Gasteiger charge is 2.17. The van der Waals surface area contributed by atoms with E-state index in [0.29, 0.717) is 23.4 Å². The minimum Gasteiger partial charge on any atom is -0.493 e. The predicted molar refractivity (Wildman–Crippen MR) is 122 cm³/mol. The first-order chi connectivity index (χ1) is 16.0. The second kappa shape index (κ2) is 9.95. The van der Waals surface area contributed by atoms with Gasteiger partial charge in [-0.15, -0.1) is 0 Å². The van der Waals surface area contributed by atoms with Crippen molar-refractivity contribution in [3.63, 3.8) is 0 Å². The van der Waals surface area contributed by atoms with Gasteiger partial charge in [-0.3, -0.25) is 4.79 Å². The van der Waals surface area contributed by atoms with Crippen LogP contribution >= 0.6 is 0 Å². The maximum atomic E-state index is 13.2. The lowest BCUT2D eigenvalue weighted by Crippen LogP contribution is -2.24. The molecule has 0 unspecified atom stereocenters. The second-order valence-electron chi connectivity index (χ2n) is 7.12. The molecule has 4 aromatic rings. The minimum atomic E-state index is -2.98. The van der Waals surface area contributed by atoms with Crippen molar-refractivity contribution in [3.05, 3.63) is 89.7 Å². The Morgan fingerprint density at radius 1 is 1.06 bits per heavy atom. The Bertz CT molecular complexity index is 1250. The van der Waals surface area contributed by atoms with E-state index in [4.69, 9.17) is 4.74 Å². The van der Waals surface area contributed by atoms with Gasteiger partial charge in [0.1, 0.15) is 5.82 Å². The molecule has 0 saturated carbocycles. The van der Waals surface area contributed by atoms with Crippen molar-refractivity contribution in [1.82, 2.24) is 15.3 Å². The average molecular weight is 449 g/mol. The van der Waals surface area contributed by atoms with Gasteiger partial charge in [0.15, 0.2) is 11.5 Å². The lowest BCUT2D eigenvalue weighted by Gasteiger charge is -2.11. The number of carbonyl (C=O) groups is 1. The number of imidazole rings is 1. The quantitative estimate of drug-likeness (QED) is 0.370. The summed E-state index contributed by atoms with van der Waals surface area (Å²) >= 11 is 0. The number of nitrogens with zero attached hydrogens (tertiary/aromatic N) is 1. The van der Waals surface area contributed by atoms with E-state index in [9.17, 15) is 13.6 Å². The molecule has 0 aliphatic rings. The molecule has 0 bridgehead atoms. The fraction of sp³-hybridized carbons (Fsp3) is 0.120. The van der Waals surface area contributed by atoms with Crippen LogP contribution in [0.1, 0.15) is 17.0 Å². The molecule has 4 rings (SSSR count). The predicted octanol–water partition coefficient (Wildman–Crippen LogP) is 5.03. The molecule has 8 heteroatoms. The van der Waals surface area contributed by atoms with Crippen molar-refractivity contribution in [1.29, 1.82) is 0 Å². The maximum absolute atomic E-state index is 13.2. The van der Waals surface area contributed by atoms with Gasteiger partial charge in [0.25, 0.3) is 5.91 Å². The summed E-state index contributed by atoms with van der Waals surface area (Å²) in [6.07, 6.45) is 1.62. The molecule has 1 heterocycles. The molecule has 2 N–H and O–H groups in total. The zero-order valence-electron chi connectivity index (χ0n) is 17.7. The SMILES string of the molecule is COc1cc(/C=C(/C(=O)NCc2ccccc2)c2nc3ccccc3[nH]2)ccc1OC(F)F. The number of hydrogen-bond acceptors (Lipinski definition) is 4. The van der Waals surface area contributed by atoms with E-state index in [1.807, 2.05) is 54.6 Å². The van der Waals surface area contributed by atoms with Crippen LogP contribution in [-0.2, 0) is 11.3 Å². The average Bonchev–Trinajstić information content (AvgIpc) is 3.26. The van der Waals surface area contributed by atoms with Crippen LogP contribution in [0, 0.1) is 0 Å². The molecule has 0 atom stereocenters. The lowest BCUT2D eigenvalue weighted by atomic mass is 10.1. The molecule has 0 spiro atoms. The van der Waals surface area contributed by atoms with Gasteiger partial charge >= 0.3 is 6.61 Å². The Morgan fingerprint density at radius 3 is 2.55 bits per heavy atom. The fourth-order valence-corrected chi connectivity index (χ4v) is 3.33. The summed E-state index contributed by atoms with van der Waals surface area (Å²) in [6.45, 7) is -2.64. The smallest absolute Gasteiger partial charge is 0.387 e. The van der Waals surface area contributed by atoms with Gasteiger partial charge in [-0.25, -0.2) is 4.98 Å². The summed E-state index contributed by atoms with van der Waals surface area (Å²) in [5.41, 5.74) is 3.29. The maximum Gasteiger partial charge on any atom is 0.387 e. The third-order valence-electron chi connectivity index (χ3n) is 4.90. The van der Waals surface area contributed by atoms with Gasteiger partial charge in [0, 0.05) is 6.54 Å². The van der Waals surface area contributed by atoms with E-state index in [1.54, 1.807) is 12.1 Å². The van der Waals surface area contributed by atoms with Crippen molar-refractivity contribution in [3.8, 4) is 11.5 Å². The van der Waals surface area contributed by atoms with Crippen LogP contribution in [0.4, 0.5) is 8.78 Å². The minimum absolute atomic E-state index is 0.0940. The van der Waals surface area contributed by atoms with Gasteiger partial charge in [-0.05, 0) is 41.5 Å². The molecular formula is C25H21F2N3O3. The lowest BCUT2D eigenvalue weighted by molar-refractivity contribution is -0.115. The number of rotatable bonds is 8. The summed E-state index contributed by atoms with van der Waals surface area (Å²) in [4.78, 5) is 20.9. The number of amides is 1. The molecule has 0 fully saturated rings. The van der Waals surface area contributed by atoms with E-state index >= 15 is 0 Å². The van der Waals surface area contributed by atoms with Gasteiger partial charge in [-0.1, -0.05) is 48.5 Å². The van der Waals surface area contributed by atoms with Crippen molar-refractivity contribution < 1.29 is 23.0 Å². The van der Waals surface area contributed by atoms with Gasteiger partial charge < -0.3 is 19.8 Å². The number of halogens is 2. The van der Waals surface area contributed by atoms with Gasteiger partial charge in [-0.2, -0.15) is 8.78 Å². The van der Waals surface area contributed by atoms with Crippen molar-refractivity contribution in [2.24, 2.45) is 0 Å². The summed E-state index contributed by atoms with van der Waals surface area (Å²) < 4.78 is 34.9. The van der Waals surface area contributed by atoms with Crippen LogP contribution in [0.25, 0.3) is 22.7 Å². The normalized spacial score (nSPS) is 11.6. The number of ether oxygens (including phenoxy) is 2. The number of alkyl halides is 2. The third-order valence-corrected chi connectivity index (χ3v) is 4.90. The van der Waals surface area contributed by atoms with E-state index < -0.39 is 6.61 Å². The van der Waals surface area contributed by atoms with Crippen molar-refractivity contribution in [2.45, 2.75) is 13.2 Å². The van der Waals surface area contributed by atoms with Crippen LogP contribution in [0.3, 0.4) is 0 Å². The number of fused-ring (bicyclic) bond motifs is 1. The summed E-state index contributed by atoms with van der Waals surface area (Å²) in [5, 5.41) is 2.91. The number of benzene rings is 3. The van der Waals surface area contributed by atoms with Gasteiger partial charge in [0.05, 0.1) is 23.7 Å². The number of aromatic nitrogens is 2. The van der Waals surface area contributed by atoms with Crippen LogP contribution in [-0.4, -0.2) is 29.6 Å². The summed E-state index contributed by atoms with van der Waals surface area (Å²) in [5.74, 6) is 0.0691. The van der Waals surface area contributed by atoms with Crippen LogP contribution in [0.15, 0.2) is 72.8 Å². The zero-order chi connectivity index (χ0) is 23.2. The molecule has 0 aliphatic heterocycles. The largest absolute Gasteiger partial charge is 0.493 e. The second-order valence-corrected chi connectivity index (χ2v) is 7.12. The van der Waals surface area contributed by atoms with Gasteiger partial charge in [0.2, 0.25) is 0 Å². The number of methoxy groups -OCH3 is 1. The first-order valence-electron chi connectivity index (χ1n) is 10.2. The Morgan fingerprint density at radius 2 is 1.82 bits per heavy atom.